The first-order chi connectivity index (χ1) is 22.6. The van der Waals surface area contributed by atoms with E-state index >= 15 is 0 Å². The van der Waals surface area contributed by atoms with E-state index in [1.807, 2.05) is 77.7 Å². The molecule has 0 aliphatic carbocycles. The Hall–Kier alpha value is -4.28. The molecule has 5 aromatic rings. The molecule has 3 N–H and O–H groups in total. The summed E-state index contributed by atoms with van der Waals surface area (Å²) in [5.41, 5.74) is 4.65. The van der Waals surface area contributed by atoms with Crippen LogP contribution in [0.3, 0.4) is 0 Å². The molecule has 1 aromatic heterocycles. The third-order valence-electron chi connectivity index (χ3n) is 7.77. The van der Waals surface area contributed by atoms with Crippen LogP contribution in [-0.4, -0.2) is 60.3 Å². The molecule has 9 heteroatoms. The van der Waals surface area contributed by atoms with E-state index in [-0.39, 0.29) is 17.3 Å². The minimum atomic E-state index is -0.844. The second-order valence-corrected chi connectivity index (χ2v) is 12.1. The zero-order valence-electron chi connectivity index (χ0n) is 25.9. The molecular weight excluding hydrogens is 598 g/mol. The largest absolute Gasteiger partial charge is 0.487 e. The second-order valence-electron chi connectivity index (χ2n) is 11.1. The highest BCUT2D eigenvalue weighted by atomic mass is 32.1. The van der Waals surface area contributed by atoms with Crippen LogP contribution in [0, 0.1) is 0 Å². The number of aliphatic hydroxyl groups is 1. The molecule has 0 saturated heterocycles. The number of hydrogen-bond acceptors (Lipinski definition) is 7. The quantitative estimate of drug-likeness (QED) is 0.109. The predicted molar refractivity (Wildman–Crippen MR) is 183 cm³/mol. The standard InChI is InChI=1S/C37H41N3O5S/c41-32(31-16-17-33(35-36(31)46-37(43)39-35)45-27-30-14-8-3-9-15-30)26-38-21-23-40(22-18-28-10-4-1-5-11-28)34(42)20-25-44-24-19-29-12-6-2-7-13-29/h1-17,32,38,41H,18-27H2,(H,39,43). The first-order valence-corrected chi connectivity index (χ1v) is 16.5. The first-order valence-electron chi connectivity index (χ1n) is 15.7. The summed E-state index contributed by atoms with van der Waals surface area (Å²) in [5, 5.41) is 14.4. The minimum absolute atomic E-state index is 0.0443. The van der Waals surface area contributed by atoms with Gasteiger partial charge in [0.25, 0.3) is 0 Å². The molecule has 1 heterocycles. The molecule has 0 saturated carbocycles. The van der Waals surface area contributed by atoms with E-state index in [0.29, 0.717) is 67.4 Å². The Kier molecular flexibility index (Phi) is 12.5. The van der Waals surface area contributed by atoms with Gasteiger partial charge in [-0.15, -0.1) is 0 Å². The summed E-state index contributed by atoms with van der Waals surface area (Å²) in [5.74, 6) is 0.612. The van der Waals surface area contributed by atoms with Gasteiger partial charge in [-0.05, 0) is 35.6 Å². The lowest BCUT2D eigenvalue weighted by Crippen LogP contribution is -2.39. The molecule has 0 spiro atoms. The number of benzene rings is 4. The van der Waals surface area contributed by atoms with Gasteiger partial charge in [0.1, 0.15) is 17.9 Å². The van der Waals surface area contributed by atoms with E-state index in [9.17, 15) is 14.7 Å². The normalized spacial score (nSPS) is 11.8. The maximum atomic E-state index is 13.2. The van der Waals surface area contributed by atoms with Crippen LogP contribution >= 0.6 is 11.3 Å². The van der Waals surface area contributed by atoms with Crippen molar-refractivity contribution in [2.24, 2.45) is 0 Å². The molecule has 5 rings (SSSR count). The Balaban J connectivity index is 1.12. The fourth-order valence-corrected chi connectivity index (χ4v) is 6.15. The number of carbonyl (C=O) groups is 1. The minimum Gasteiger partial charge on any atom is -0.487 e. The number of amides is 1. The molecule has 0 radical (unpaired) electrons. The van der Waals surface area contributed by atoms with Crippen molar-refractivity contribution < 1.29 is 19.4 Å². The number of H-pyrrole nitrogens is 1. The average Bonchev–Trinajstić information content (AvgIpc) is 3.49. The molecular formula is C37H41N3O5S. The summed E-state index contributed by atoms with van der Waals surface area (Å²) in [6.07, 6.45) is 1.04. The van der Waals surface area contributed by atoms with Crippen molar-refractivity contribution in [1.29, 1.82) is 0 Å². The van der Waals surface area contributed by atoms with Crippen molar-refractivity contribution in [1.82, 2.24) is 15.2 Å². The summed E-state index contributed by atoms with van der Waals surface area (Å²) in [7, 11) is 0. The molecule has 1 amide bonds. The molecule has 8 nitrogen and oxygen atoms in total. The van der Waals surface area contributed by atoms with E-state index < -0.39 is 6.10 Å². The fourth-order valence-electron chi connectivity index (χ4n) is 5.23. The molecule has 1 atom stereocenters. The van der Waals surface area contributed by atoms with Crippen LogP contribution in [0.1, 0.15) is 34.8 Å². The molecule has 0 bridgehead atoms. The Bertz CT molecular complexity index is 1690. The van der Waals surface area contributed by atoms with Crippen molar-refractivity contribution in [2.45, 2.75) is 32.0 Å². The third-order valence-corrected chi connectivity index (χ3v) is 8.70. The number of rotatable bonds is 18. The average molecular weight is 640 g/mol. The number of aromatic amines is 1. The summed E-state index contributed by atoms with van der Waals surface area (Å²) in [6.45, 7) is 3.20. The summed E-state index contributed by atoms with van der Waals surface area (Å²) < 4.78 is 12.5. The zero-order valence-corrected chi connectivity index (χ0v) is 26.7. The van der Waals surface area contributed by atoms with Gasteiger partial charge >= 0.3 is 4.87 Å². The van der Waals surface area contributed by atoms with E-state index in [4.69, 9.17) is 9.47 Å². The monoisotopic (exact) mass is 639 g/mol. The summed E-state index contributed by atoms with van der Waals surface area (Å²) in [6, 6.07) is 33.7. The highest BCUT2D eigenvalue weighted by molar-refractivity contribution is 7.16. The lowest BCUT2D eigenvalue weighted by atomic mass is 10.1. The number of aromatic nitrogens is 1. The van der Waals surface area contributed by atoms with Crippen LogP contribution in [-0.2, 0) is 29.0 Å². The maximum Gasteiger partial charge on any atom is 0.305 e. The maximum absolute atomic E-state index is 13.2. The van der Waals surface area contributed by atoms with E-state index in [0.717, 1.165) is 29.7 Å². The Labute approximate surface area is 273 Å². The van der Waals surface area contributed by atoms with Gasteiger partial charge in [0.2, 0.25) is 5.91 Å². The second kappa shape index (κ2) is 17.4. The van der Waals surface area contributed by atoms with E-state index in [2.05, 4.69) is 34.6 Å². The van der Waals surface area contributed by atoms with Gasteiger partial charge in [-0.25, -0.2) is 0 Å². The Morgan fingerprint density at radius 2 is 1.48 bits per heavy atom. The van der Waals surface area contributed by atoms with Crippen LogP contribution < -0.4 is 14.9 Å². The van der Waals surface area contributed by atoms with Gasteiger partial charge in [-0.3, -0.25) is 9.59 Å². The molecule has 240 valence electrons. The number of nitrogens with one attached hydrogen (secondary N) is 2. The number of carbonyl (C=O) groups excluding carboxylic acids is 1. The van der Waals surface area contributed by atoms with Crippen molar-refractivity contribution >= 4 is 27.5 Å². The van der Waals surface area contributed by atoms with Crippen LogP contribution in [0.4, 0.5) is 0 Å². The highest BCUT2D eigenvalue weighted by Gasteiger charge is 2.18. The van der Waals surface area contributed by atoms with Gasteiger partial charge in [-0.1, -0.05) is 108 Å². The molecule has 0 fully saturated rings. The Morgan fingerprint density at radius 3 is 2.17 bits per heavy atom. The van der Waals surface area contributed by atoms with Crippen LogP contribution in [0.25, 0.3) is 10.2 Å². The third kappa shape index (κ3) is 9.86. The number of ether oxygens (including phenoxy) is 2. The van der Waals surface area contributed by atoms with E-state index in [1.165, 1.54) is 11.1 Å². The SMILES string of the molecule is O=C(CCOCCc1ccccc1)N(CCNCC(O)c1ccc(OCc2ccccc2)c2[nH]c(=O)sc12)CCc1ccccc1. The van der Waals surface area contributed by atoms with Crippen molar-refractivity contribution in [3.8, 4) is 5.75 Å². The number of nitrogens with zero attached hydrogens (tertiary/aromatic N) is 1. The molecule has 0 aliphatic heterocycles. The molecule has 0 aliphatic rings. The van der Waals surface area contributed by atoms with Crippen molar-refractivity contribution in [2.75, 3.05) is 39.4 Å². The smallest absolute Gasteiger partial charge is 0.305 e. The number of fused-ring (bicyclic) bond motifs is 1. The van der Waals surface area contributed by atoms with Crippen LogP contribution in [0.2, 0.25) is 0 Å². The molecule has 46 heavy (non-hydrogen) atoms. The number of aliphatic hydroxyl groups excluding tert-OH is 1. The van der Waals surface area contributed by atoms with Crippen LogP contribution in [0.5, 0.6) is 5.75 Å². The number of thiazole rings is 1. The lowest BCUT2D eigenvalue weighted by molar-refractivity contribution is -0.132. The summed E-state index contributed by atoms with van der Waals surface area (Å²) in [4.78, 5) is 30.0. The highest BCUT2D eigenvalue weighted by Crippen LogP contribution is 2.32. The summed E-state index contributed by atoms with van der Waals surface area (Å²) >= 11 is 1.06. The van der Waals surface area contributed by atoms with Crippen molar-refractivity contribution in [3.05, 3.63) is 135 Å². The first kappa shape index (κ1) is 33.1. The topological polar surface area (TPSA) is 104 Å². The van der Waals surface area contributed by atoms with E-state index in [1.54, 1.807) is 6.07 Å². The fraction of sp³-hybridized carbons (Fsp3) is 0.297. The predicted octanol–water partition coefficient (Wildman–Crippen LogP) is 5.51. The van der Waals surface area contributed by atoms with Gasteiger partial charge < -0.3 is 29.8 Å². The van der Waals surface area contributed by atoms with Gasteiger partial charge in [-0.2, -0.15) is 0 Å². The molecule has 4 aromatic carbocycles. The van der Waals surface area contributed by atoms with Gasteiger partial charge in [0.15, 0.2) is 0 Å². The lowest BCUT2D eigenvalue weighted by Gasteiger charge is -2.24. The number of hydrogen-bond donors (Lipinski definition) is 3. The van der Waals surface area contributed by atoms with Crippen LogP contribution in [0.15, 0.2) is 108 Å². The zero-order chi connectivity index (χ0) is 32.0. The van der Waals surface area contributed by atoms with Crippen molar-refractivity contribution in [3.63, 3.8) is 0 Å². The van der Waals surface area contributed by atoms with Gasteiger partial charge in [0.05, 0.1) is 30.4 Å². The Morgan fingerprint density at radius 1 is 0.826 bits per heavy atom. The molecule has 1 unspecified atom stereocenters. The van der Waals surface area contributed by atoms with Gasteiger partial charge in [0, 0.05) is 31.7 Å².